The largest absolute Gasteiger partial charge is 0.356 e. The van der Waals surface area contributed by atoms with E-state index in [0.29, 0.717) is 5.56 Å². The first kappa shape index (κ1) is 15.1. The van der Waals surface area contributed by atoms with Crippen molar-refractivity contribution in [2.75, 3.05) is 18.0 Å². The smallest absolute Gasteiger partial charge is 0.254 e. The average molecular weight is 341 g/mol. The zero-order valence-corrected chi connectivity index (χ0v) is 14.3. The number of thiophene rings is 1. The molecule has 0 atom stereocenters. The fourth-order valence-electron chi connectivity index (χ4n) is 3.17. The first-order chi connectivity index (χ1) is 11.7. The van der Waals surface area contributed by atoms with Crippen molar-refractivity contribution in [2.24, 2.45) is 7.05 Å². The van der Waals surface area contributed by atoms with Crippen molar-refractivity contribution in [2.45, 2.75) is 18.9 Å². The highest BCUT2D eigenvalue weighted by Crippen LogP contribution is 2.30. The molecule has 0 spiro atoms. The number of hydrogen-bond donors (Lipinski definition) is 1. The van der Waals surface area contributed by atoms with Gasteiger partial charge in [0.05, 0.1) is 11.8 Å². The van der Waals surface area contributed by atoms with Crippen molar-refractivity contribution in [1.29, 1.82) is 0 Å². The van der Waals surface area contributed by atoms with E-state index in [1.54, 1.807) is 28.4 Å². The van der Waals surface area contributed by atoms with Gasteiger partial charge in [0.25, 0.3) is 5.91 Å². The molecule has 3 aromatic rings. The molecule has 0 bridgehead atoms. The molecule has 0 unspecified atom stereocenters. The number of hydrogen-bond acceptors (Lipinski definition) is 5. The van der Waals surface area contributed by atoms with Crippen molar-refractivity contribution in [3.8, 4) is 0 Å². The van der Waals surface area contributed by atoms with Gasteiger partial charge in [0.1, 0.15) is 5.82 Å². The van der Waals surface area contributed by atoms with E-state index in [1.807, 2.05) is 13.2 Å². The van der Waals surface area contributed by atoms with Gasteiger partial charge in [-0.05, 0) is 30.4 Å². The maximum absolute atomic E-state index is 12.2. The zero-order valence-electron chi connectivity index (χ0n) is 13.5. The lowest BCUT2D eigenvalue weighted by Crippen LogP contribution is -2.45. The molecule has 0 aliphatic carbocycles. The molecule has 0 aromatic carbocycles. The van der Waals surface area contributed by atoms with Gasteiger partial charge in [0, 0.05) is 48.7 Å². The molecule has 1 aliphatic heterocycles. The van der Waals surface area contributed by atoms with Gasteiger partial charge in [0.15, 0.2) is 0 Å². The quantitative estimate of drug-likeness (QED) is 0.795. The van der Waals surface area contributed by atoms with Gasteiger partial charge < -0.3 is 10.2 Å². The third-order valence-corrected chi connectivity index (χ3v) is 5.34. The van der Waals surface area contributed by atoms with Crippen LogP contribution in [0.1, 0.15) is 23.2 Å². The number of carbonyl (C=O) groups is 1. The third kappa shape index (κ3) is 2.87. The number of anilines is 1. The minimum Gasteiger partial charge on any atom is -0.356 e. The summed E-state index contributed by atoms with van der Waals surface area (Å²) in [5, 5.41) is 10.5. The molecule has 1 fully saturated rings. The lowest BCUT2D eigenvalue weighted by atomic mass is 10.0. The van der Waals surface area contributed by atoms with Gasteiger partial charge in [-0.3, -0.25) is 9.48 Å². The van der Waals surface area contributed by atoms with Gasteiger partial charge in [-0.2, -0.15) is 5.10 Å². The van der Waals surface area contributed by atoms with Crippen molar-refractivity contribution in [3.05, 3.63) is 41.7 Å². The Balaban J connectivity index is 1.40. The number of aryl methyl sites for hydroxylation is 1. The molecular weight excluding hydrogens is 322 g/mol. The SMILES string of the molecule is Cn1cc(C(=O)NC2CCN(c3nccc4sccc34)CC2)cn1. The van der Waals surface area contributed by atoms with Crippen LogP contribution in [0.2, 0.25) is 0 Å². The van der Waals surface area contributed by atoms with Crippen LogP contribution >= 0.6 is 11.3 Å². The van der Waals surface area contributed by atoms with E-state index in [2.05, 4.69) is 37.8 Å². The predicted molar refractivity (Wildman–Crippen MR) is 95.5 cm³/mol. The lowest BCUT2D eigenvalue weighted by molar-refractivity contribution is 0.0931. The monoisotopic (exact) mass is 341 g/mol. The second-order valence-electron chi connectivity index (χ2n) is 6.10. The van der Waals surface area contributed by atoms with Crippen molar-refractivity contribution in [3.63, 3.8) is 0 Å². The molecule has 124 valence electrons. The minimum atomic E-state index is -0.0420. The normalized spacial score (nSPS) is 15.8. The third-order valence-electron chi connectivity index (χ3n) is 4.46. The summed E-state index contributed by atoms with van der Waals surface area (Å²) in [4.78, 5) is 19.1. The lowest BCUT2D eigenvalue weighted by Gasteiger charge is -2.33. The summed E-state index contributed by atoms with van der Waals surface area (Å²) in [5.74, 6) is 1.02. The van der Waals surface area contributed by atoms with Crippen LogP contribution in [0.25, 0.3) is 10.1 Å². The molecule has 4 rings (SSSR count). The number of pyridine rings is 1. The topological polar surface area (TPSA) is 63.1 Å². The second-order valence-corrected chi connectivity index (χ2v) is 7.05. The Hall–Kier alpha value is -2.41. The minimum absolute atomic E-state index is 0.0420. The van der Waals surface area contributed by atoms with Gasteiger partial charge in [-0.25, -0.2) is 4.98 Å². The highest BCUT2D eigenvalue weighted by molar-refractivity contribution is 7.17. The van der Waals surface area contributed by atoms with E-state index >= 15 is 0 Å². The summed E-state index contributed by atoms with van der Waals surface area (Å²) in [6.07, 6.45) is 7.07. The molecule has 1 aliphatic rings. The van der Waals surface area contributed by atoms with Crippen LogP contribution in [0, 0.1) is 0 Å². The van der Waals surface area contributed by atoms with E-state index in [1.165, 1.54) is 10.1 Å². The highest BCUT2D eigenvalue weighted by Gasteiger charge is 2.23. The van der Waals surface area contributed by atoms with Crippen LogP contribution in [0.4, 0.5) is 5.82 Å². The van der Waals surface area contributed by atoms with E-state index in [4.69, 9.17) is 0 Å². The zero-order chi connectivity index (χ0) is 16.5. The number of nitrogens with zero attached hydrogens (tertiary/aromatic N) is 4. The summed E-state index contributed by atoms with van der Waals surface area (Å²) in [6.45, 7) is 1.81. The first-order valence-electron chi connectivity index (χ1n) is 8.07. The number of aromatic nitrogens is 3. The Morgan fingerprint density at radius 3 is 2.92 bits per heavy atom. The molecule has 6 nitrogen and oxygen atoms in total. The van der Waals surface area contributed by atoms with Crippen molar-refractivity contribution >= 4 is 33.1 Å². The Morgan fingerprint density at radius 2 is 2.17 bits per heavy atom. The maximum atomic E-state index is 12.2. The van der Waals surface area contributed by atoms with E-state index in [9.17, 15) is 4.79 Å². The van der Waals surface area contributed by atoms with Gasteiger partial charge in [-0.1, -0.05) is 0 Å². The molecule has 1 amide bonds. The van der Waals surface area contributed by atoms with Crippen LogP contribution in [0.5, 0.6) is 0 Å². The number of nitrogens with one attached hydrogen (secondary N) is 1. The van der Waals surface area contributed by atoms with Gasteiger partial charge in [-0.15, -0.1) is 11.3 Å². The Morgan fingerprint density at radius 1 is 1.33 bits per heavy atom. The number of fused-ring (bicyclic) bond motifs is 1. The molecule has 3 aromatic heterocycles. The highest BCUT2D eigenvalue weighted by atomic mass is 32.1. The number of piperidine rings is 1. The summed E-state index contributed by atoms with van der Waals surface area (Å²) in [5.41, 5.74) is 0.615. The number of carbonyl (C=O) groups excluding carboxylic acids is 1. The van der Waals surface area contributed by atoms with E-state index < -0.39 is 0 Å². The molecule has 1 N–H and O–H groups in total. The number of rotatable bonds is 3. The van der Waals surface area contributed by atoms with Crippen LogP contribution in [0.15, 0.2) is 36.1 Å². The van der Waals surface area contributed by atoms with Gasteiger partial charge >= 0.3 is 0 Å². The molecule has 0 saturated carbocycles. The molecule has 0 radical (unpaired) electrons. The van der Waals surface area contributed by atoms with Crippen LogP contribution in [-0.4, -0.2) is 39.8 Å². The van der Waals surface area contributed by atoms with Crippen LogP contribution in [0.3, 0.4) is 0 Å². The Bertz CT molecular complexity index is 863. The number of amides is 1. The van der Waals surface area contributed by atoms with Crippen LogP contribution in [-0.2, 0) is 7.05 Å². The molecule has 1 saturated heterocycles. The Labute approximate surface area is 144 Å². The molecule has 7 heteroatoms. The fourth-order valence-corrected chi connectivity index (χ4v) is 3.95. The average Bonchev–Trinajstić information content (AvgIpc) is 3.24. The van der Waals surface area contributed by atoms with Crippen molar-refractivity contribution in [1.82, 2.24) is 20.1 Å². The molecular formula is C17H19N5OS. The summed E-state index contributed by atoms with van der Waals surface area (Å²) in [7, 11) is 1.81. The van der Waals surface area contributed by atoms with E-state index in [-0.39, 0.29) is 11.9 Å². The summed E-state index contributed by atoms with van der Waals surface area (Å²) >= 11 is 1.74. The van der Waals surface area contributed by atoms with Crippen molar-refractivity contribution < 1.29 is 4.79 Å². The summed E-state index contributed by atoms with van der Waals surface area (Å²) < 4.78 is 2.91. The predicted octanol–water partition coefficient (Wildman–Crippen LogP) is 2.43. The first-order valence-corrected chi connectivity index (χ1v) is 8.95. The Kier molecular flexibility index (Phi) is 3.93. The second kappa shape index (κ2) is 6.24. The molecule has 24 heavy (non-hydrogen) atoms. The van der Waals surface area contributed by atoms with Gasteiger partial charge in [0.2, 0.25) is 0 Å². The van der Waals surface area contributed by atoms with Crippen LogP contribution < -0.4 is 10.2 Å². The fraction of sp³-hybridized carbons (Fsp3) is 0.353. The maximum Gasteiger partial charge on any atom is 0.254 e. The summed E-state index contributed by atoms with van der Waals surface area (Å²) in [6, 6.07) is 4.40. The van der Waals surface area contributed by atoms with E-state index in [0.717, 1.165) is 31.7 Å². The molecule has 4 heterocycles. The standard InChI is InChI=1S/C17H19N5OS/c1-21-11-12(10-19-21)17(23)20-13-3-7-22(8-4-13)16-14-5-9-24-15(14)2-6-18-16/h2,5-6,9-11,13H,3-4,7-8H2,1H3,(H,20,23).